The van der Waals surface area contributed by atoms with Gasteiger partial charge in [-0.2, -0.15) is 5.26 Å². The zero-order valence-corrected chi connectivity index (χ0v) is 8.65. The van der Waals surface area contributed by atoms with Gasteiger partial charge in [0.2, 0.25) is 0 Å². The molecule has 0 saturated heterocycles. The van der Waals surface area contributed by atoms with Crippen LogP contribution in [0.25, 0.3) is 0 Å². The van der Waals surface area contributed by atoms with Gasteiger partial charge in [-0.25, -0.2) is 4.98 Å². The summed E-state index contributed by atoms with van der Waals surface area (Å²) >= 11 is 8.87. The van der Waals surface area contributed by atoms with E-state index in [4.69, 9.17) is 16.9 Å². The van der Waals surface area contributed by atoms with E-state index in [1.54, 1.807) is 6.92 Å². The highest BCUT2D eigenvalue weighted by atomic mass is 79.9. The fourth-order valence-electron chi connectivity index (χ4n) is 0.714. The molecule has 0 aliphatic rings. The smallest absolute Gasteiger partial charge is 0.151 e. The van der Waals surface area contributed by atoms with Gasteiger partial charge in [0.25, 0.3) is 0 Å². The maximum atomic E-state index is 8.43. The van der Waals surface area contributed by atoms with Crippen molar-refractivity contribution in [3.8, 4) is 6.07 Å². The van der Waals surface area contributed by atoms with E-state index in [0.717, 1.165) is 0 Å². The lowest BCUT2D eigenvalue weighted by atomic mass is 10.3. The standard InChI is InChI=1S/C7H5BrClN3/c1-4-7(9)12-6(8)5(11-4)2-3-10/h2H2,1H3. The Morgan fingerprint density at radius 1 is 1.58 bits per heavy atom. The van der Waals surface area contributed by atoms with E-state index in [1.807, 2.05) is 6.07 Å². The molecule has 0 atom stereocenters. The van der Waals surface area contributed by atoms with Crippen molar-refractivity contribution in [2.75, 3.05) is 0 Å². The number of aromatic nitrogens is 2. The molecule has 1 rings (SSSR count). The van der Waals surface area contributed by atoms with Crippen molar-refractivity contribution in [2.45, 2.75) is 13.3 Å². The van der Waals surface area contributed by atoms with E-state index in [2.05, 4.69) is 25.9 Å². The molecule has 1 heterocycles. The van der Waals surface area contributed by atoms with E-state index in [0.29, 0.717) is 21.1 Å². The highest BCUT2D eigenvalue weighted by Gasteiger charge is 2.06. The molecule has 0 fully saturated rings. The van der Waals surface area contributed by atoms with Crippen molar-refractivity contribution in [1.29, 1.82) is 5.26 Å². The Kier molecular flexibility index (Phi) is 3.01. The minimum absolute atomic E-state index is 0.242. The average Bonchev–Trinajstić information content (AvgIpc) is 2.01. The summed E-state index contributed by atoms with van der Waals surface area (Å²) in [7, 11) is 0. The largest absolute Gasteiger partial charge is 0.251 e. The highest BCUT2D eigenvalue weighted by Crippen LogP contribution is 2.17. The van der Waals surface area contributed by atoms with Gasteiger partial charge in [0, 0.05) is 0 Å². The van der Waals surface area contributed by atoms with Crippen LogP contribution in [0.3, 0.4) is 0 Å². The van der Waals surface area contributed by atoms with Crippen LogP contribution in [-0.2, 0) is 6.42 Å². The molecule has 0 unspecified atom stereocenters. The monoisotopic (exact) mass is 245 g/mol. The van der Waals surface area contributed by atoms with E-state index in [-0.39, 0.29) is 6.42 Å². The van der Waals surface area contributed by atoms with Crippen LogP contribution in [0.15, 0.2) is 4.60 Å². The quantitative estimate of drug-likeness (QED) is 0.764. The molecule has 62 valence electrons. The zero-order chi connectivity index (χ0) is 9.14. The Morgan fingerprint density at radius 3 is 2.83 bits per heavy atom. The van der Waals surface area contributed by atoms with Crippen LogP contribution in [0.4, 0.5) is 0 Å². The second kappa shape index (κ2) is 3.83. The number of nitriles is 1. The number of rotatable bonds is 1. The highest BCUT2D eigenvalue weighted by molar-refractivity contribution is 9.10. The predicted molar refractivity (Wildman–Crippen MR) is 48.8 cm³/mol. The van der Waals surface area contributed by atoms with Gasteiger partial charge in [-0.15, -0.1) is 0 Å². The second-order valence-electron chi connectivity index (χ2n) is 2.17. The first-order chi connectivity index (χ1) is 5.65. The molecule has 12 heavy (non-hydrogen) atoms. The normalized spacial score (nSPS) is 9.50. The third-order valence-electron chi connectivity index (χ3n) is 1.28. The van der Waals surface area contributed by atoms with Crippen molar-refractivity contribution < 1.29 is 0 Å². The van der Waals surface area contributed by atoms with Gasteiger partial charge in [0.1, 0.15) is 4.60 Å². The van der Waals surface area contributed by atoms with Crippen LogP contribution in [0.1, 0.15) is 11.4 Å². The molecule has 0 spiro atoms. The molecule has 0 amide bonds. The van der Waals surface area contributed by atoms with E-state index in [9.17, 15) is 0 Å². The Morgan fingerprint density at radius 2 is 2.25 bits per heavy atom. The Bertz CT molecular complexity index is 345. The molecule has 5 heteroatoms. The molecule has 0 radical (unpaired) electrons. The van der Waals surface area contributed by atoms with Crippen molar-refractivity contribution in [1.82, 2.24) is 9.97 Å². The topological polar surface area (TPSA) is 49.6 Å². The molecular formula is C7H5BrClN3. The summed E-state index contributed by atoms with van der Waals surface area (Å²) in [6, 6.07) is 2.00. The van der Waals surface area contributed by atoms with E-state index >= 15 is 0 Å². The number of hydrogen-bond acceptors (Lipinski definition) is 3. The molecule has 1 aromatic rings. The summed E-state index contributed by atoms with van der Waals surface area (Å²) in [6.45, 7) is 1.75. The molecule has 0 aliphatic heterocycles. The maximum Gasteiger partial charge on any atom is 0.151 e. The van der Waals surface area contributed by atoms with Gasteiger partial charge >= 0.3 is 0 Å². The second-order valence-corrected chi connectivity index (χ2v) is 3.28. The Balaban J connectivity index is 3.16. The first-order valence-corrected chi connectivity index (χ1v) is 4.37. The molecule has 3 nitrogen and oxygen atoms in total. The third kappa shape index (κ3) is 1.93. The van der Waals surface area contributed by atoms with Gasteiger partial charge < -0.3 is 0 Å². The lowest BCUT2D eigenvalue weighted by molar-refractivity contribution is 0.991. The Labute approximate surface area is 83.5 Å². The van der Waals surface area contributed by atoms with Crippen molar-refractivity contribution in [3.63, 3.8) is 0 Å². The van der Waals surface area contributed by atoms with Crippen LogP contribution >= 0.6 is 27.5 Å². The lowest BCUT2D eigenvalue weighted by Gasteiger charge is -2.00. The van der Waals surface area contributed by atoms with Gasteiger partial charge in [0.15, 0.2) is 5.15 Å². The molecule has 0 bridgehead atoms. The average molecular weight is 246 g/mol. The molecule has 0 N–H and O–H groups in total. The summed E-state index contributed by atoms with van der Waals surface area (Å²) in [5.74, 6) is 0. The molecular weight excluding hydrogens is 241 g/mol. The predicted octanol–water partition coefficient (Wildman–Crippen LogP) is 2.27. The van der Waals surface area contributed by atoms with Crippen LogP contribution in [0.5, 0.6) is 0 Å². The summed E-state index contributed by atoms with van der Waals surface area (Å²) in [5, 5.41) is 8.80. The summed E-state index contributed by atoms with van der Waals surface area (Å²) < 4.78 is 0.541. The van der Waals surface area contributed by atoms with Crippen molar-refractivity contribution in [3.05, 3.63) is 21.1 Å². The number of hydrogen-bond donors (Lipinski definition) is 0. The van der Waals surface area contributed by atoms with Crippen LogP contribution in [0.2, 0.25) is 5.15 Å². The van der Waals surface area contributed by atoms with Crippen LogP contribution < -0.4 is 0 Å². The summed E-state index contributed by atoms with van der Waals surface area (Å²) in [6.07, 6.45) is 0.242. The molecule has 0 aliphatic carbocycles. The molecule has 0 saturated carbocycles. The molecule has 0 aromatic carbocycles. The lowest BCUT2D eigenvalue weighted by Crippen LogP contribution is -1.96. The van der Waals surface area contributed by atoms with Gasteiger partial charge in [-0.3, -0.25) is 4.98 Å². The van der Waals surface area contributed by atoms with E-state index < -0.39 is 0 Å². The number of nitrogens with zero attached hydrogens (tertiary/aromatic N) is 3. The first kappa shape index (κ1) is 9.43. The SMILES string of the molecule is Cc1nc(CC#N)c(Br)nc1Cl. The minimum Gasteiger partial charge on any atom is -0.251 e. The van der Waals surface area contributed by atoms with E-state index in [1.165, 1.54) is 0 Å². The fraction of sp³-hybridized carbons (Fsp3) is 0.286. The maximum absolute atomic E-state index is 8.43. The molecule has 1 aromatic heterocycles. The zero-order valence-electron chi connectivity index (χ0n) is 6.30. The fourth-order valence-corrected chi connectivity index (χ4v) is 1.35. The van der Waals surface area contributed by atoms with Gasteiger partial charge in [-0.05, 0) is 22.9 Å². The summed E-state index contributed by atoms with van der Waals surface area (Å²) in [4.78, 5) is 8.06. The van der Waals surface area contributed by atoms with Gasteiger partial charge in [0.05, 0.1) is 23.9 Å². The Hall–Kier alpha value is -0.660. The van der Waals surface area contributed by atoms with Crippen LogP contribution in [0, 0.1) is 18.3 Å². The van der Waals surface area contributed by atoms with Gasteiger partial charge in [-0.1, -0.05) is 11.6 Å². The number of aryl methyl sites for hydroxylation is 1. The van der Waals surface area contributed by atoms with Crippen molar-refractivity contribution in [2.24, 2.45) is 0 Å². The van der Waals surface area contributed by atoms with Crippen LogP contribution in [-0.4, -0.2) is 9.97 Å². The summed E-state index contributed by atoms with van der Waals surface area (Å²) in [5.41, 5.74) is 1.27. The third-order valence-corrected chi connectivity index (χ3v) is 2.28. The minimum atomic E-state index is 0.242. The first-order valence-electron chi connectivity index (χ1n) is 3.20. The number of halogens is 2. The van der Waals surface area contributed by atoms with Crippen molar-refractivity contribution >= 4 is 27.5 Å².